The zero-order valence-corrected chi connectivity index (χ0v) is 12.5. The minimum Gasteiger partial charge on any atom is -0.336 e. The largest absolute Gasteiger partial charge is 0.336 e. The predicted octanol–water partition coefficient (Wildman–Crippen LogP) is 3.16. The maximum atomic E-state index is 12.3. The standard InChI is InChI=1S/C14H18Cl2N2O/c1-2-5-17-6-8-18(9-7-17)14(19)11-3-4-12(15)13(16)10-11/h3-4,10H,2,5-9H2,1H3. The van der Waals surface area contributed by atoms with Gasteiger partial charge < -0.3 is 4.90 Å². The summed E-state index contributed by atoms with van der Waals surface area (Å²) in [7, 11) is 0. The van der Waals surface area contributed by atoms with Gasteiger partial charge in [0, 0.05) is 31.7 Å². The lowest BCUT2D eigenvalue weighted by Crippen LogP contribution is -2.48. The first kappa shape index (κ1) is 14.6. The van der Waals surface area contributed by atoms with Crippen LogP contribution in [0.4, 0.5) is 0 Å². The summed E-state index contributed by atoms with van der Waals surface area (Å²) in [6.07, 6.45) is 1.15. The SMILES string of the molecule is CCCN1CCN(C(=O)c2ccc(Cl)c(Cl)c2)CC1. The van der Waals surface area contributed by atoms with Crippen molar-refractivity contribution in [2.45, 2.75) is 13.3 Å². The molecule has 2 rings (SSSR count). The average molecular weight is 301 g/mol. The highest BCUT2D eigenvalue weighted by atomic mass is 35.5. The second-order valence-electron chi connectivity index (χ2n) is 4.76. The maximum absolute atomic E-state index is 12.3. The van der Waals surface area contributed by atoms with Crippen LogP contribution in [0, 0.1) is 0 Å². The van der Waals surface area contributed by atoms with Crippen molar-refractivity contribution >= 4 is 29.1 Å². The molecular formula is C14H18Cl2N2O. The molecule has 1 aromatic rings. The van der Waals surface area contributed by atoms with Gasteiger partial charge in [-0.05, 0) is 31.2 Å². The van der Waals surface area contributed by atoms with Gasteiger partial charge in [-0.25, -0.2) is 0 Å². The van der Waals surface area contributed by atoms with Crippen molar-refractivity contribution < 1.29 is 4.79 Å². The summed E-state index contributed by atoms with van der Waals surface area (Å²) in [5.74, 6) is 0.0368. The Kier molecular flexibility index (Phi) is 5.08. The molecule has 0 atom stereocenters. The highest BCUT2D eigenvalue weighted by Crippen LogP contribution is 2.23. The molecule has 1 fully saturated rings. The van der Waals surface area contributed by atoms with Crippen LogP contribution in [0.2, 0.25) is 10.0 Å². The van der Waals surface area contributed by atoms with E-state index in [1.165, 1.54) is 0 Å². The molecule has 0 radical (unpaired) electrons. The lowest BCUT2D eigenvalue weighted by Gasteiger charge is -2.34. The lowest BCUT2D eigenvalue weighted by atomic mass is 10.2. The molecule has 0 saturated carbocycles. The van der Waals surface area contributed by atoms with Gasteiger partial charge >= 0.3 is 0 Å². The number of amides is 1. The average Bonchev–Trinajstić information content (AvgIpc) is 2.42. The summed E-state index contributed by atoms with van der Waals surface area (Å²) in [5.41, 5.74) is 0.610. The fraction of sp³-hybridized carbons (Fsp3) is 0.500. The molecule has 0 unspecified atom stereocenters. The number of nitrogens with zero attached hydrogens (tertiary/aromatic N) is 2. The predicted molar refractivity (Wildman–Crippen MR) is 79.1 cm³/mol. The van der Waals surface area contributed by atoms with Crippen LogP contribution in [0.3, 0.4) is 0 Å². The van der Waals surface area contributed by atoms with E-state index in [1.54, 1.807) is 18.2 Å². The number of carbonyl (C=O) groups excluding carboxylic acids is 1. The van der Waals surface area contributed by atoms with E-state index in [1.807, 2.05) is 4.90 Å². The summed E-state index contributed by atoms with van der Waals surface area (Å²) < 4.78 is 0. The van der Waals surface area contributed by atoms with Crippen LogP contribution in [0.25, 0.3) is 0 Å². The van der Waals surface area contributed by atoms with Crippen LogP contribution in [-0.2, 0) is 0 Å². The molecule has 5 heteroatoms. The summed E-state index contributed by atoms with van der Waals surface area (Å²) in [5, 5.41) is 0.906. The van der Waals surface area contributed by atoms with Crippen molar-refractivity contribution in [3.8, 4) is 0 Å². The first-order valence-corrected chi connectivity index (χ1v) is 7.34. The van der Waals surface area contributed by atoms with Gasteiger partial charge in [-0.3, -0.25) is 9.69 Å². The van der Waals surface area contributed by atoms with E-state index in [0.29, 0.717) is 15.6 Å². The van der Waals surface area contributed by atoms with Gasteiger partial charge in [0.15, 0.2) is 0 Å². The van der Waals surface area contributed by atoms with Crippen LogP contribution < -0.4 is 0 Å². The van der Waals surface area contributed by atoms with E-state index in [2.05, 4.69) is 11.8 Å². The number of rotatable bonds is 3. The molecule has 1 heterocycles. The molecule has 0 spiro atoms. The fourth-order valence-corrected chi connectivity index (χ4v) is 2.60. The fourth-order valence-electron chi connectivity index (χ4n) is 2.30. The highest BCUT2D eigenvalue weighted by Gasteiger charge is 2.21. The molecule has 1 aliphatic rings. The molecule has 1 aromatic carbocycles. The van der Waals surface area contributed by atoms with E-state index >= 15 is 0 Å². The molecule has 19 heavy (non-hydrogen) atoms. The Morgan fingerprint density at radius 3 is 2.42 bits per heavy atom. The lowest BCUT2D eigenvalue weighted by molar-refractivity contribution is 0.0637. The number of halogens is 2. The molecule has 0 bridgehead atoms. The van der Waals surface area contributed by atoms with Crippen molar-refractivity contribution in [3.63, 3.8) is 0 Å². The monoisotopic (exact) mass is 300 g/mol. The third-order valence-corrected chi connectivity index (χ3v) is 4.10. The third-order valence-electron chi connectivity index (χ3n) is 3.37. The Hall–Kier alpha value is -0.770. The third kappa shape index (κ3) is 3.62. The molecule has 0 aliphatic carbocycles. The number of hydrogen-bond donors (Lipinski definition) is 0. The van der Waals surface area contributed by atoms with Gasteiger partial charge in [-0.15, -0.1) is 0 Å². The minimum atomic E-state index is 0.0368. The van der Waals surface area contributed by atoms with Crippen molar-refractivity contribution in [2.24, 2.45) is 0 Å². The molecule has 0 N–H and O–H groups in total. The number of carbonyl (C=O) groups is 1. The van der Waals surface area contributed by atoms with Crippen LogP contribution in [0.5, 0.6) is 0 Å². The normalized spacial score (nSPS) is 16.7. The zero-order chi connectivity index (χ0) is 13.8. The van der Waals surface area contributed by atoms with Crippen LogP contribution in [-0.4, -0.2) is 48.4 Å². The number of benzene rings is 1. The minimum absolute atomic E-state index is 0.0368. The highest BCUT2D eigenvalue weighted by molar-refractivity contribution is 6.42. The summed E-state index contributed by atoms with van der Waals surface area (Å²) in [4.78, 5) is 16.6. The zero-order valence-electron chi connectivity index (χ0n) is 11.0. The summed E-state index contributed by atoms with van der Waals surface area (Å²) >= 11 is 11.8. The molecule has 1 aliphatic heterocycles. The van der Waals surface area contributed by atoms with E-state index in [9.17, 15) is 4.79 Å². The molecular weight excluding hydrogens is 283 g/mol. The molecule has 3 nitrogen and oxygen atoms in total. The van der Waals surface area contributed by atoms with E-state index in [0.717, 1.165) is 39.1 Å². The van der Waals surface area contributed by atoms with Gasteiger partial charge in [0.1, 0.15) is 0 Å². The molecule has 104 valence electrons. The Morgan fingerprint density at radius 1 is 1.16 bits per heavy atom. The van der Waals surface area contributed by atoms with Crippen molar-refractivity contribution in [1.82, 2.24) is 9.80 Å². The quantitative estimate of drug-likeness (QED) is 0.856. The van der Waals surface area contributed by atoms with Crippen LogP contribution >= 0.6 is 23.2 Å². The Bertz CT molecular complexity index is 457. The second-order valence-corrected chi connectivity index (χ2v) is 5.58. The van der Waals surface area contributed by atoms with Gasteiger partial charge in [-0.2, -0.15) is 0 Å². The van der Waals surface area contributed by atoms with Crippen LogP contribution in [0.15, 0.2) is 18.2 Å². The van der Waals surface area contributed by atoms with Crippen LogP contribution in [0.1, 0.15) is 23.7 Å². The first-order chi connectivity index (χ1) is 9.11. The Balaban J connectivity index is 1.99. The number of piperazine rings is 1. The number of hydrogen-bond acceptors (Lipinski definition) is 2. The molecule has 1 saturated heterocycles. The van der Waals surface area contributed by atoms with Crippen molar-refractivity contribution in [3.05, 3.63) is 33.8 Å². The van der Waals surface area contributed by atoms with E-state index in [4.69, 9.17) is 23.2 Å². The molecule has 0 aromatic heterocycles. The second kappa shape index (κ2) is 6.60. The maximum Gasteiger partial charge on any atom is 0.253 e. The smallest absolute Gasteiger partial charge is 0.253 e. The Labute approximate surface area is 124 Å². The van der Waals surface area contributed by atoms with E-state index in [-0.39, 0.29) is 5.91 Å². The molecule has 1 amide bonds. The summed E-state index contributed by atoms with van der Waals surface area (Å²) in [6, 6.07) is 5.05. The van der Waals surface area contributed by atoms with E-state index < -0.39 is 0 Å². The van der Waals surface area contributed by atoms with Gasteiger partial charge in [0.2, 0.25) is 0 Å². The topological polar surface area (TPSA) is 23.6 Å². The van der Waals surface area contributed by atoms with Gasteiger partial charge in [0.05, 0.1) is 10.0 Å². The van der Waals surface area contributed by atoms with Gasteiger partial charge in [0.25, 0.3) is 5.91 Å². The first-order valence-electron chi connectivity index (χ1n) is 6.58. The Morgan fingerprint density at radius 2 is 1.84 bits per heavy atom. The van der Waals surface area contributed by atoms with Gasteiger partial charge in [-0.1, -0.05) is 30.1 Å². The van der Waals surface area contributed by atoms with Crippen molar-refractivity contribution in [2.75, 3.05) is 32.7 Å². The van der Waals surface area contributed by atoms with Crippen molar-refractivity contribution in [1.29, 1.82) is 0 Å². The summed E-state index contributed by atoms with van der Waals surface area (Å²) in [6.45, 7) is 6.72.